The second-order valence-corrected chi connectivity index (χ2v) is 5.36. The van der Waals surface area contributed by atoms with Gasteiger partial charge in [0.25, 0.3) is 5.91 Å². The molecule has 0 saturated heterocycles. The van der Waals surface area contributed by atoms with Crippen molar-refractivity contribution in [3.8, 4) is 5.69 Å². The number of rotatable bonds is 4. The van der Waals surface area contributed by atoms with Crippen LogP contribution < -0.4 is 5.32 Å². The molecular formula is C16H14N8O. The second-order valence-electron chi connectivity index (χ2n) is 5.36. The summed E-state index contributed by atoms with van der Waals surface area (Å²) in [6.45, 7) is 2.73. The minimum atomic E-state index is -0.205. The highest BCUT2D eigenvalue weighted by Crippen LogP contribution is 2.16. The smallest absolute Gasteiger partial charge is 0.255 e. The Morgan fingerprint density at radius 2 is 1.96 bits per heavy atom. The van der Waals surface area contributed by atoms with E-state index < -0.39 is 0 Å². The molecule has 4 aromatic rings. The fraction of sp³-hybridized carbons (Fsp3) is 0.125. The first-order valence-corrected chi connectivity index (χ1v) is 7.72. The Balaban J connectivity index is 1.53. The van der Waals surface area contributed by atoms with Gasteiger partial charge in [0, 0.05) is 17.8 Å². The minimum absolute atomic E-state index is 0.205. The van der Waals surface area contributed by atoms with Crippen LogP contribution in [0.15, 0.2) is 48.8 Å². The van der Waals surface area contributed by atoms with Gasteiger partial charge < -0.3 is 5.32 Å². The molecular weight excluding hydrogens is 320 g/mol. The lowest BCUT2D eigenvalue weighted by Crippen LogP contribution is -2.12. The van der Waals surface area contributed by atoms with Crippen LogP contribution in [0.5, 0.6) is 0 Å². The predicted octanol–water partition coefficient (Wildman–Crippen LogP) is 1.68. The van der Waals surface area contributed by atoms with Crippen LogP contribution in [-0.2, 0) is 6.54 Å². The van der Waals surface area contributed by atoms with E-state index in [0.717, 1.165) is 17.7 Å². The molecule has 124 valence electrons. The summed E-state index contributed by atoms with van der Waals surface area (Å²) in [4.78, 5) is 12.4. The molecule has 0 bridgehead atoms. The average molecular weight is 334 g/mol. The van der Waals surface area contributed by atoms with E-state index in [4.69, 9.17) is 0 Å². The van der Waals surface area contributed by atoms with E-state index in [9.17, 15) is 4.79 Å². The normalized spacial score (nSPS) is 10.9. The molecule has 0 unspecified atom stereocenters. The maximum absolute atomic E-state index is 12.4. The molecule has 2 aromatic heterocycles. The summed E-state index contributed by atoms with van der Waals surface area (Å²) >= 11 is 0. The molecule has 1 amide bonds. The number of fused-ring (bicyclic) bond motifs is 1. The number of aromatic nitrogens is 7. The van der Waals surface area contributed by atoms with Gasteiger partial charge in [0.05, 0.1) is 11.2 Å². The number of amides is 1. The minimum Gasteiger partial charge on any atom is -0.322 e. The first-order valence-electron chi connectivity index (χ1n) is 7.72. The Bertz CT molecular complexity index is 1020. The van der Waals surface area contributed by atoms with Gasteiger partial charge in [-0.1, -0.05) is 5.21 Å². The number of nitrogens with zero attached hydrogens (tertiary/aromatic N) is 7. The molecule has 9 heteroatoms. The second kappa shape index (κ2) is 6.11. The van der Waals surface area contributed by atoms with Crippen molar-refractivity contribution in [1.82, 2.24) is 35.2 Å². The number of tetrazole rings is 1. The first kappa shape index (κ1) is 14.9. The van der Waals surface area contributed by atoms with Crippen LogP contribution in [0.1, 0.15) is 17.3 Å². The fourth-order valence-electron chi connectivity index (χ4n) is 2.53. The van der Waals surface area contributed by atoms with Crippen molar-refractivity contribution >= 4 is 22.6 Å². The lowest BCUT2D eigenvalue weighted by Gasteiger charge is -2.06. The van der Waals surface area contributed by atoms with Crippen LogP contribution >= 0.6 is 0 Å². The molecule has 0 aliphatic carbocycles. The summed E-state index contributed by atoms with van der Waals surface area (Å²) in [7, 11) is 0. The predicted molar refractivity (Wildman–Crippen MR) is 90.3 cm³/mol. The molecule has 0 radical (unpaired) electrons. The summed E-state index contributed by atoms with van der Waals surface area (Å²) < 4.78 is 3.32. The fourth-order valence-corrected chi connectivity index (χ4v) is 2.53. The SMILES string of the molecule is CCn1nnc2cc(C(=O)Nc3ccc(-n4cnnn4)cc3)ccc21. The van der Waals surface area contributed by atoms with Crippen molar-refractivity contribution in [2.75, 3.05) is 5.32 Å². The summed E-state index contributed by atoms with van der Waals surface area (Å²) in [6, 6.07) is 12.6. The third-order valence-electron chi connectivity index (χ3n) is 3.81. The summed E-state index contributed by atoms with van der Waals surface area (Å²) in [5, 5.41) is 22.0. The Labute approximate surface area is 142 Å². The zero-order chi connectivity index (χ0) is 17.2. The van der Waals surface area contributed by atoms with Crippen molar-refractivity contribution in [1.29, 1.82) is 0 Å². The molecule has 4 rings (SSSR count). The molecule has 2 aromatic carbocycles. The van der Waals surface area contributed by atoms with Crippen molar-refractivity contribution in [2.24, 2.45) is 0 Å². The van der Waals surface area contributed by atoms with Gasteiger partial charge in [-0.25, -0.2) is 9.36 Å². The maximum Gasteiger partial charge on any atom is 0.255 e. The van der Waals surface area contributed by atoms with Gasteiger partial charge in [-0.2, -0.15) is 0 Å². The Morgan fingerprint density at radius 1 is 1.12 bits per heavy atom. The zero-order valence-corrected chi connectivity index (χ0v) is 13.4. The van der Waals surface area contributed by atoms with E-state index >= 15 is 0 Å². The highest BCUT2D eigenvalue weighted by molar-refractivity contribution is 6.05. The largest absolute Gasteiger partial charge is 0.322 e. The van der Waals surface area contributed by atoms with E-state index in [-0.39, 0.29) is 5.91 Å². The van der Waals surface area contributed by atoms with Crippen molar-refractivity contribution in [3.05, 3.63) is 54.4 Å². The third-order valence-corrected chi connectivity index (χ3v) is 3.81. The molecule has 1 N–H and O–H groups in total. The number of benzene rings is 2. The summed E-state index contributed by atoms with van der Waals surface area (Å²) in [5.41, 5.74) is 3.62. The molecule has 0 saturated carbocycles. The lowest BCUT2D eigenvalue weighted by atomic mass is 10.1. The highest BCUT2D eigenvalue weighted by Gasteiger charge is 2.10. The van der Waals surface area contributed by atoms with E-state index in [2.05, 4.69) is 31.2 Å². The van der Waals surface area contributed by atoms with Crippen LogP contribution in [0.3, 0.4) is 0 Å². The van der Waals surface area contributed by atoms with Crippen molar-refractivity contribution in [3.63, 3.8) is 0 Å². The number of hydrogen-bond donors (Lipinski definition) is 1. The van der Waals surface area contributed by atoms with Gasteiger partial charge in [-0.3, -0.25) is 4.79 Å². The molecule has 25 heavy (non-hydrogen) atoms. The highest BCUT2D eigenvalue weighted by atomic mass is 16.1. The van der Waals surface area contributed by atoms with Crippen LogP contribution in [0.4, 0.5) is 5.69 Å². The zero-order valence-electron chi connectivity index (χ0n) is 13.4. The van der Waals surface area contributed by atoms with Gasteiger partial charge >= 0.3 is 0 Å². The van der Waals surface area contributed by atoms with Gasteiger partial charge in [-0.15, -0.1) is 10.2 Å². The van der Waals surface area contributed by atoms with E-state index in [1.165, 1.54) is 11.0 Å². The lowest BCUT2D eigenvalue weighted by molar-refractivity contribution is 0.102. The van der Waals surface area contributed by atoms with Crippen LogP contribution in [0.2, 0.25) is 0 Å². The molecule has 0 fully saturated rings. The first-order chi connectivity index (χ1) is 12.2. The molecule has 0 spiro atoms. The van der Waals surface area contributed by atoms with Gasteiger partial charge in [0.2, 0.25) is 0 Å². The van der Waals surface area contributed by atoms with E-state index in [1.807, 2.05) is 25.1 Å². The van der Waals surface area contributed by atoms with Gasteiger partial charge in [0.15, 0.2) is 0 Å². The van der Waals surface area contributed by atoms with Gasteiger partial charge in [-0.05, 0) is 59.8 Å². The average Bonchev–Trinajstić information content (AvgIpc) is 3.31. The maximum atomic E-state index is 12.4. The van der Waals surface area contributed by atoms with Crippen molar-refractivity contribution in [2.45, 2.75) is 13.5 Å². The summed E-state index contributed by atoms with van der Waals surface area (Å²) in [5.74, 6) is -0.205. The molecule has 0 atom stereocenters. The number of nitrogens with one attached hydrogen (secondary N) is 1. The quantitative estimate of drug-likeness (QED) is 0.609. The third kappa shape index (κ3) is 2.82. The Kier molecular flexibility index (Phi) is 3.65. The number of anilines is 1. The van der Waals surface area contributed by atoms with Crippen LogP contribution in [0.25, 0.3) is 16.7 Å². The van der Waals surface area contributed by atoms with E-state index in [0.29, 0.717) is 16.8 Å². The standard InChI is InChI=1S/C16H14N8O/c1-2-23-15-8-3-11(9-14(15)19-21-23)16(25)18-12-4-6-13(7-5-12)24-10-17-20-22-24/h3-10H,2H2,1H3,(H,18,25). The van der Waals surface area contributed by atoms with Crippen LogP contribution in [0, 0.1) is 0 Å². The monoisotopic (exact) mass is 334 g/mol. The topological polar surface area (TPSA) is 103 Å². The summed E-state index contributed by atoms with van der Waals surface area (Å²) in [6.07, 6.45) is 1.51. The molecule has 2 heterocycles. The van der Waals surface area contributed by atoms with Crippen LogP contribution in [-0.4, -0.2) is 41.1 Å². The molecule has 0 aliphatic heterocycles. The number of carbonyl (C=O) groups excluding carboxylic acids is 1. The van der Waals surface area contributed by atoms with Gasteiger partial charge in [0.1, 0.15) is 11.8 Å². The van der Waals surface area contributed by atoms with Crippen molar-refractivity contribution < 1.29 is 4.79 Å². The number of carbonyl (C=O) groups is 1. The molecule has 0 aliphatic rings. The Morgan fingerprint density at radius 3 is 2.68 bits per heavy atom. The van der Waals surface area contributed by atoms with E-state index in [1.54, 1.807) is 28.9 Å². The molecule has 9 nitrogen and oxygen atoms in total. The number of hydrogen-bond acceptors (Lipinski definition) is 6. The Hall–Kier alpha value is -3.62. The number of aryl methyl sites for hydroxylation is 1.